The average Bonchev–Trinajstić information content (AvgIpc) is 2.47. The second kappa shape index (κ2) is 6.25. The molecule has 20 heavy (non-hydrogen) atoms. The molecule has 1 heterocycles. The van der Waals surface area contributed by atoms with Crippen molar-refractivity contribution in [2.45, 2.75) is 26.8 Å². The van der Waals surface area contributed by atoms with Gasteiger partial charge in [0.15, 0.2) is 5.57 Å². The van der Waals surface area contributed by atoms with Crippen molar-refractivity contribution in [2.75, 3.05) is 13.2 Å². The lowest BCUT2D eigenvalue weighted by Crippen LogP contribution is -2.30. The molecule has 4 nitrogen and oxygen atoms in total. The Morgan fingerprint density at radius 1 is 1.40 bits per heavy atom. The predicted octanol–water partition coefficient (Wildman–Crippen LogP) is 2.41. The van der Waals surface area contributed by atoms with Crippen LogP contribution in [0.1, 0.15) is 25.0 Å². The molecule has 104 valence electrons. The van der Waals surface area contributed by atoms with Gasteiger partial charge < -0.3 is 9.64 Å². The van der Waals surface area contributed by atoms with E-state index >= 15 is 0 Å². The number of carbonyl (C=O) groups excluding carboxylic acids is 1. The van der Waals surface area contributed by atoms with E-state index in [0.717, 1.165) is 19.5 Å². The maximum Gasteiger partial charge on any atom is 0.350 e. The monoisotopic (exact) mass is 270 g/mol. The van der Waals surface area contributed by atoms with Gasteiger partial charge in [0.2, 0.25) is 0 Å². The number of hydrogen-bond acceptors (Lipinski definition) is 4. The maximum atomic E-state index is 11.8. The van der Waals surface area contributed by atoms with Crippen LogP contribution in [0.4, 0.5) is 0 Å². The molecule has 0 saturated carbocycles. The number of nitrogens with zero attached hydrogens (tertiary/aromatic N) is 2. The van der Waals surface area contributed by atoms with Crippen molar-refractivity contribution in [1.29, 1.82) is 5.26 Å². The highest BCUT2D eigenvalue weighted by molar-refractivity contribution is 5.93. The van der Waals surface area contributed by atoms with Gasteiger partial charge in [0.05, 0.1) is 6.61 Å². The number of rotatable bonds is 3. The first-order valence-corrected chi connectivity index (χ1v) is 6.77. The van der Waals surface area contributed by atoms with Crippen molar-refractivity contribution in [1.82, 2.24) is 4.90 Å². The molecule has 0 fully saturated rings. The molecule has 0 radical (unpaired) electrons. The molecule has 0 aromatic heterocycles. The van der Waals surface area contributed by atoms with Crippen molar-refractivity contribution >= 4 is 5.97 Å². The normalized spacial score (nSPS) is 14.9. The number of allylic oxidation sites excluding steroid dienone is 1. The third kappa shape index (κ3) is 2.83. The molecule has 0 amide bonds. The quantitative estimate of drug-likeness (QED) is 0.481. The zero-order valence-corrected chi connectivity index (χ0v) is 11.8. The molecule has 0 aliphatic carbocycles. The minimum absolute atomic E-state index is 0.103. The molecule has 0 spiro atoms. The molecule has 1 aliphatic rings. The van der Waals surface area contributed by atoms with Gasteiger partial charge in [-0.2, -0.15) is 5.26 Å². The average molecular weight is 270 g/mol. The van der Waals surface area contributed by atoms with Gasteiger partial charge in [0, 0.05) is 18.8 Å². The van der Waals surface area contributed by atoms with Crippen LogP contribution in [0.15, 0.2) is 35.5 Å². The Morgan fingerprint density at radius 2 is 2.10 bits per heavy atom. The van der Waals surface area contributed by atoms with E-state index in [0.29, 0.717) is 5.70 Å². The van der Waals surface area contributed by atoms with Crippen molar-refractivity contribution in [3.8, 4) is 6.07 Å². The summed E-state index contributed by atoms with van der Waals surface area (Å²) in [5, 5.41) is 9.18. The number of ether oxygens (including phenoxy) is 1. The lowest BCUT2D eigenvalue weighted by Gasteiger charge is -2.31. The Balaban J connectivity index is 2.24. The molecule has 0 unspecified atom stereocenters. The summed E-state index contributed by atoms with van der Waals surface area (Å²) >= 11 is 0. The molecule has 0 saturated heterocycles. The van der Waals surface area contributed by atoms with Crippen LogP contribution in [0.25, 0.3) is 0 Å². The van der Waals surface area contributed by atoms with Crippen LogP contribution in [0.2, 0.25) is 0 Å². The number of esters is 1. The minimum Gasteiger partial charge on any atom is -0.462 e. The number of hydrogen-bond donors (Lipinski definition) is 0. The number of nitriles is 1. The molecule has 1 aromatic carbocycles. The Bertz CT molecular complexity index is 584. The molecular formula is C16H18N2O2. The van der Waals surface area contributed by atoms with Crippen LogP contribution >= 0.6 is 0 Å². The minimum atomic E-state index is -0.536. The fraction of sp³-hybridized carbons (Fsp3) is 0.375. The molecule has 1 aliphatic heterocycles. The fourth-order valence-corrected chi connectivity index (χ4v) is 2.42. The number of fused-ring (bicyclic) bond motifs is 1. The standard InChI is InChI=1S/C16H18N2O2/c1-3-20-16(19)15(10-17)12(2)18-9-8-13-6-4-5-7-14(13)11-18/h4-7H,3,8-9,11H2,1-2H3. The van der Waals surface area contributed by atoms with Crippen molar-refractivity contribution in [3.05, 3.63) is 46.7 Å². The summed E-state index contributed by atoms with van der Waals surface area (Å²) in [6.07, 6.45) is 0.926. The molecule has 0 N–H and O–H groups in total. The smallest absolute Gasteiger partial charge is 0.350 e. The lowest BCUT2D eigenvalue weighted by atomic mass is 9.99. The van der Waals surface area contributed by atoms with Crippen LogP contribution < -0.4 is 0 Å². The number of benzene rings is 1. The highest BCUT2D eigenvalue weighted by Crippen LogP contribution is 2.23. The van der Waals surface area contributed by atoms with E-state index in [9.17, 15) is 10.1 Å². The largest absolute Gasteiger partial charge is 0.462 e. The summed E-state index contributed by atoms with van der Waals surface area (Å²) in [5.41, 5.74) is 3.39. The van der Waals surface area contributed by atoms with E-state index in [1.54, 1.807) is 6.92 Å². The molecule has 1 aromatic rings. The predicted molar refractivity (Wildman–Crippen MR) is 75.5 cm³/mol. The Hall–Kier alpha value is -2.28. The zero-order valence-electron chi connectivity index (χ0n) is 11.8. The van der Waals surface area contributed by atoms with Crippen LogP contribution in [0, 0.1) is 11.3 Å². The van der Waals surface area contributed by atoms with Gasteiger partial charge in [-0.25, -0.2) is 4.79 Å². The first-order chi connectivity index (χ1) is 9.67. The van der Waals surface area contributed by atoms with Gasteiger partial charge in [-0.05, 0) is 31.4 Å². The van der Waals surface area contributed by atoms with Crippen molar-refractivity contribution in [3.63, 3.8) is 0 Å². The summed E-state index contributed by atoms with van der Waals surface area (Å²) in [6.45, 7) is 5.36. The van der Waals surface area contributed by atoms with Gasteiger partial charge in [-0.15, -0.1) is 0 Å². The summed E-state index contributed by atoms with van der Waals surface area (Å²) in [5.74, 6) is -0.536. The van der Waals surface area contributed by atoms with Gasteiger partial charge in [0.25, 0.3) is 0 Å². The van der Waals surface area contributed by atoms with E-state index in [-0.39, 0.29) is 12.2 Å². The van der Waals surface area contributed by atoms with Crippen molar-refractivity contribution in [2.24, 2.45) is 0 Å². The third-order valence-electron chi connectivity index (χ3n) is 3.56. The van der Waals surface area contributed by atoms with Gasteiger partial charge in [-0.3, -0.25) is 0 Å². The summed E-state index contributed by atoms with van der Waals surface area (Å²) in [4.78, 5) is 13.8. The van der Waals surface area contributed by atoms with Crippen LogP contribution in [-0.2, 0) is 22.5 Å². The van der Waals surface area contributed by atoms with Gasteiger partial charge in [-0.1, -0.05) is 24.3 Å². The summed E-state index contributed by atoms with van der Waals surface area (Å²) < 4.78 is 4.93. The highest BCUT2D eigenvalue weighted by Gasteiger charge is 2.21. The topological polar surface area (TPSA) is 53.3 Å². The third-order valence-corrected chi connectivity index (χ3v) is 3.56. The first-order valence-electron chi connectivity index (χ1n) is 6.77. The van der Waals surface area contributed by atoms with Crippen LogP contribution in [0.3, 0.4) is 0 Å². The zero-order chi connectivity index (χ0) is 14.5. The number of carbonyl (C=O) groups is 1. The van der Waals surface area contributed by atoms with E-state index in [1.807, 2.05) is 25.1 Å². The SMILES string of the molecule is CCOC(=O)C(C#N)=C(C)N1CCc2ccccc2C1. The Kier molecular flexibility index (Phi) is 4.41. The Morgan fingerprint density at radius 3 is 2.75 bits per heavy atom. The second-order valence-electron chi connectivity index (χ2n) is 4.73. The second-order valence-corrected chi connectivity index (χ2v) is 4.73. The molecule has 2 rings (SSSR count). The van der Waals surface area contributed by atoms with E-state index in [4.69, 9.17) is 4.74 Å². The maximum absolute atomic E-state index is 11.8. The summed E-state index contributed by atoms with van der Waals surface area (Å²) in [7, 11) is 0. The lowest BCUT2D eigenvalue weighted by molar-refractivity contribution is -0.138. The Labute approximate surface area is 119 Å². The van der Waals surface area contributed by atoms with Gasteiger partial charge >= 0.3 is 5.97 Å². The van der Waals surface area contributed by atoms with Crippen LogP contribution in [0.5, 0.6) is 0 Å². The van der Waals surface area contributed by atoms with E-state index in [1.165, 1.54) is 11.1 Å². The molecule has 4 heteroatoms. The van der Waals surface area contributed by atoms with E-state index in [2.05, 4.69) is 17.0 Å². The fourth-order valence-electron chi connectivity index (χ4n) is 2.42. The van der Waals surface area contributed by atoms with Crippen molar-refractivity contribution < 1.29 is 9.53 Å². The molecule has 0 bridgehead atoms. The summed E-state index contributed by atoms with van der Waals surface area (Å²) in [6, 6.07) is 10.2. The molecular weight excluding hydrogens is 252 g/mol. The van der Waals surface area contributed by atoms with Crippen LogP contribution in [-0.4, -0.2) is 24.0 Å². The highest BCUT2D eigenvalue weighted by atomic mass is 16.5. The molecule has 0 atom stereocenters. The van der Waals surface area contributed by atoms with Gasteiger partial charge in [0.1, 0.15) is 6.07 Å². The first kappa shape index (κ1) is 14.1. The van der Waals surface area contributed by atoms with E-state index < -0.39 is 5.97 Å².